The third kappa shape index (κ3) is 1.90. The van der Waals surface area contributed by atoms with Gasteiger partial charge >= 0.3 is 0 Å². The average molecular weight is 213 g/mol. The van der Waals surface area contributed by atoms with Crippen molar-refractivity contribution in [3.05, 3.63) is 46.5 Å². The van der Waals surface area contributed by atoms with Crippen LogP contribution in [0.25, 0.3) is 0 Å². The molecule has 1 fully saturated rings. The minimum Gasteiger partial charge on any atom is -0.0917 e. The van der Waals surface area contributed by atoms with Crippen LogP contribution in [0.1, 0.15) is 17.9 Å². The molecule has 0 spiro atoms. The maximum absolute atomic E-state index is 5.94. The summed E-state index contributed by atoms with van der Waals surface area (Å²) in [6, 6.07) is 10.4. The van der Waals surface area contributed by atoms with Crippen molar-refractivity contribution in [2.24, 2.45) is 5.92 Å². The molecule has 0 heterocycles. The molecule has 0 unspecified atom stereocenters. The molecule has 1 aromatic rings. The van der Waals surface area contributed by atoms with Crippen molar-refractivity contribution in [3.8, 4) is 0 Å². The molecule has 0 aromatic heterocycles. The molecular weight excluding hydrogens is 203 g/mol. The van der Waals surface area contributed by atoms with Crippen LogP contribution in [0.15, 0.2) is 40.9 Å². The third-order valence-corrected chi connectivity index (χ3v) is 3.21. The van der Waals surface area contributed by atoms with Crippen LogP contribution >= 0.6 is 23.2 Å². The second-order valence-electron chi connectivity index (χ2n) is 3.35. The summed E-state index contributed by atoms with van der Waals surface area (Å²) < 4.78 is 0. The number of hydrogen-bond donors (Lipinski definition) is 0. The van der Waals surface area contributed by atoms with Gasteiger partial charge in [0.05, 0.1) is 0 Å². The third-order valence-electron chi connectivity index (χ3n) is 2.48. The molecule has 13 heavy (non-hydrogen) atoms. The first kappa shape index (κ1) is 9.11. The highest BCUT2D eigenvalue weighted by atomic mass is 35.5. The summed E-state index contributed by atoms with van der Waals surface area (Å²) in [6.07, 6.45) is 1.13. The van der Waals surface area contributed by atoms with Gasteiger partial charge < -0.3 is 0 Å². The van der Waals surface area contributed by atoms with Crippen molar-refractivity contribution < 1.29 is 0 Å². The van der Waals surface area contributed by atoms with E-state index < -0.39 is 0 Å². The van der Waals surface area contributed by atoms with Crippen LogP contribution in [-0.4, -0.2) is 0 Å². The molecule has 0 nitrogen and oxygen atoms in total. The van der Waals surface area contributed by atoms with E-state index in [2.05, 4.69) is 24.3 Å². The molecule has 0 aliphatic heterocycles. The maximum atomic E-state index is 5.94. The molecule has 1 aliphatic rings. The van der Waals surface area contributed by atoms with Gasteiger partial charge in [-0.15, -0.1) is 0 Å². The van der Waals surface area contributed by atoms with Crippen molar-refractivity contribution in [3.63, 3.8) is 0 Å². The van der Waals surface area contributed by atoms with Gasteiger partial charge in [0.2, 0.25) is 0 Å². The average Bonchev–Trinajstić information content (AvgIpc) is 2.98. The van der Waals surface area contributed by atoms with Crippen LogP contribution in [0.3, 0.4) is 0 Å². The maximum Gasteiger partial charge on any atom is 0.0331 e. The zero-order valence-electron chi connectivity index (χ0n) is 7.08. The van der Waals surface area contributed by atoms with Crippen LogP contribution in [0.4, 0.5) is 0 Å². The van der Waals surface area contributed by atoms with Crippen molar-refractivity contribution in [1.29, 1.82) is 0 Å². The van der Waals surface area contributed by atoms with Gasteiger partial charge in [-0.25, -0.2) is 0 Å². The minimum absolute atomic E-state index is 0.460. The van der Waals surface area contributed by atoms with E-state index in [0.717, 1.165) is 11.5 Å². The smallest absolute Gasteiger partial charge is 0.0331 e. The van der Waals surface area contributed by atoms with Crippen LogP contribution in [0.2, 0.25) is 0 Å². The molecule has 0 N–H and O–H groups in total. The highest BCUT2D eigenvalue weighted by molar-refractivity contribution is 6.36. The van der Waals surface area contributed by atoms with Gasteiger partial charge in [0.15, 0.2) is 0 Å². The van der Waals surface area contributed by atoms with Crippen molar-refractivity contribution >= 4 is 23.2 Å². The Hall–Kier alpha value is -0.460. The molecule has 2 rings (SSSR count). The first-order valence-corrected chi connectivity index (χ1v) is 5.15. The Morgan fingerprint density at radius 1 is 1.31 bits per heavy atom. The largest absolute Gasteiger partial charge is 0.0917 e. The Bertz CT molecular complexity index is 316. The number of rotatable bonds is 2. The SMILES string of the molecule is Cl/C=C(/Cl)[C@@H]1C[C@H]1c1ccccc1. The van der Waals surface area contributed by atoms with Crippen LogP contribution in [0, 0.1) is 5.92 Å². The molecule has 0 radical (unpaired) electrons. The lowest BCUT2D eigenvalue weighted by Crippen LogP contribution is -1.82. The molecule has 2 heteroatoms. The second-order valence-corrected chi connectivity index (χ2v) is 4.01. The van der Waals surface area contributed by atoms with E-state index in [9.17, 15) is 0 Å². The standard InChI is InChI=1S/C11H10Cl2/c12-7-11(13)10-6-9(10)8-4-2-1-3-5-8/h1-5,7,9-10H,6H2/b11-7+/t9-,10+/m0/s1. The van der Waals surface area contributed by atoms with Gasteiger partial charge in [0.25, 0.3) is 0 Å². The fraction of sp³-hybridized carbons (Fsp3) is 0.273. The van der Waals surface area contributed by atoms with E-state index in [1.165, 1.54) is 11.1 Å². The molecule has 1 saturated carbocycles. The Morgan fingerprint density at radius 3 is 2.62 bits per heavy atom. The zero-order valence-corrected chi connectivity index (χ0v) is 8.59. The van der Waals surface area contributed by atoms with Crippen molar-refractivity contribution in [1.82, 2.24) is 0 Å². The predicted molar refractivity (Wildman–Crippen MR) is 57.1 cm³/mol. The molecule has 1 aliphatic carbocycles. The highest BCUT2D eigenvalue weighted by Crippen LogP contribution is 2.52. The summed E-state index contributed by atoms with van der Waals surface area (Å²) in [4.78, 5) is 0. The summed E-state index contributed by atoms with van der Waals surface area (Å²) in [5.41, 5.74) is 2.85. The van der Waals surface area contributed by atoms with Crippen LogP contribution in [-0.2, 0) is 0 Å². The highest BCUT2D eigenvalue weighted by Gasteiger charge is 2.40. The summed E-state index contributed by atoms with van der Waals surface area (Å²) in [5.74, 6) is 1.05. The van der Waals surface area contributed by atoms with Crippen molar-refractivity contribution in [2.45, 2.75) is 12.3 Å². The molecular formula is C11H10Cl2. The van der Waals surface area contributed by atoms with Gasteiger partial charge in [0, 0.05) is 16.5 Å². The number of benzene rings is 1. The fourth-order valence-corrected chi connectivity index (χ4v) is 2.05. The monoisotopic (exact) mass is 212 g/mol. The number of halogens is 2. The Labute approximate surface area is 88.2 Å². The summed E-state index contributed by atoms with van der Waals surface area (Å²) in [6.45, 7) is 0. The van der Waals surface area contributed by atoms with Gasteiger partial charge in [-0.3, -0.25) is 0 Å². The minimum atomic E-state index is 0.460. The Morgan fingerprint density at radius 2 is 2.00 bits per heavy atom. The van der Waals surface area contributed by atoms with Crippen molar-refractivity contribution in [2.75, 3.05) is 0 Å². The molecule has 2 atom stereocenters. The second kappa shape index (κ2) is 3.73. The lowest BCUT2D eigenvalue weighted by molar-refractivity contribution is 0.996. The first-order valence-electron chi connectivity index (χ1n) is 4.33. The topological polar surface area (TPSA) is 0 Å². The molecule has 0 amide bonds. The van der Waals surface area contributed by atoms with Crippen LogP contribution < -0.4 is 0 Å². The van der Waals surface area contributed by atoms with E-state index in [0.29, 0.717) is 11.8 Å². The van der Waals surface area contributed by atoms with E-state index in [1.807, 2.05) is 6.07 Å². The lowest BCUT2D eigenvalue weighted by atomic mass is 10.1. The quantitative estimate of drug-likeness (QED) is 0.693. The van der Waals surface area contributed by atoms with E-state index >= 15 is 0 Å². The normalized spacial score (nSPS) is 27.4. The predicted octanol–water partition coefficient (Wildman–Crippen LogP) is 4.11. The first-order chi connectivity index (χ1) is 6.33. The fourth-order valence-electron chi connectivity index (χ4n) is 1.65. The summed E-state index contributed by atoms with van der Waals surface area (Å²) >= 11 is 11.5. The van der Waals surface area contributed by atoms with E-state index in [1.54, 1.807) is 0 Å². The molecule has 1 aromatic carbocycles. The zero-order chi connectivity index (χ0) is 9.26. The van der Waals surface area contributed by atoms with Gasteiger partial charge in [-0.05, 0) is 17.9 Å². The number of allylic oxidation sites excluding steroid dienone is 1. The molecule has 0 bridgehead atoms. The Kier molecular flexibility index (Phi) is 2.61. The molecule has 0 saturated heterocycles. The van der Waals surface area contributed by atoms with Gasteiger partial charge in [0.1, 0.15) is 0 Å². The van der Waals surface area contributed by atoms with E-state index in [-0.39, 0.29) is 0 Å². The molecule has 68 valence electrons. The van der Waals surface area contributed by atoms with Crippen LogP contribution in [0.5, 0.6) is 0 Å². The van der Waals surface area contributed by atoms with E-state index in [4.69, 9.17) is 23.2 Å². The lowest BCUT2D eigenvalue weighted by Gasteiger charge is -1.97. The number of hydrogen-bond acceptors (Lipinski definition) is 0. The summed E-state index contributed by atoms with van der Waals surface area (Å²) in [5, 5.41) is 0.788. The van der Waals surface area contributed by atoms with Gasteiger partial charge in [-0.2, -0.15) is 0 Å². The Balaban J connectivity index is 2.09. The van der Waals surface area contributed by atoms with Gasteiger partial charge in [-0.1, -0.05) is 53.5 Å². The summed E-state index contributed by atoms with van der Waals surface area (Å²) in [7, 11) is 0.